The Bertz CT molecular complexity index is 768. The SMILES string of the molecule is CCCCCOc1ccc(C#Cc2ccc([C@H]3CC[C@H](CCC)CC3)cc2)cc1. The van der Waals surface area contributed by atoms with E-state index in [0.29, 0.717) is 0 Å². The minimum absolute atomic E-state index is 0.745. The van der Waals surface area contributed by atoms with Crippen LogP contribution < -0.4 is 4.74 Å². The van der Waals surface area contributed by atoms with Crippen LogP contribution in [0.1, 0.15) is 94.2 Å². The molecule has 0 aromatic heterocycles. The highest BCUT2D eigenvalue weighted by Crippen LogP contribution is 2.37. The van der Waals surface area contributed by atoms with E-state index in [9.17, 15) is 0 Å². The number of unbranched alkanes of at least 4 members (excludes halogenated alkanes) is 2. The first kappa shape index (κ1) is 21.5. The quantitative estimate of drug-likeness (QED) is 0.332. The van der Waals surface area contributed by atoms with Crippen molar-refractivity contribution in [3.05, 3.63) is 65.2 Å². The first-order valence-electron chi connectivity index (χ1n) is 11.6. The summed E-state index contributed by atoms with van der Waals surface area (Å²) >= 11 is 0. The van der Waals surface area contributed by atoms with Gasteiger partial charge in [0.1, 0.15) is 5.75 Å². The summed E-state index contributed by atoms with van der Waals surface area (Å²) in [6.45, 7) is 5.31. The van der Waals surface area contributed by atoms with Gasteiger partial charge in [-0.15, -0.1) is 0 Å². The van der Waals surface area contributed by atoms with Crippen LogP contribution in [0.5, 0.6) is 5.75 Å². The largest absolute Gasteiger partial charge is 0.494 e. The molecule has 0 heterocycles. The minimum Gasteiger partial charge on any atom is -0.494 e. The molecule has 0 saturated heterocycles. The summed E-state index contributed by atoms with van der Waals surface area (Å²) in [5, 5.41) is 0. The average molecular weight is 389 g/mol. The van der Waals surface area contributed by atoms with Gasteiger partial charge < -0.3 is 4.74 Å². The summed E-state index contributed by atoms with van der Waals surface area (Å²) in [6.07, 6.45) is 11.8. The molecule has 1 saturated carbocycles. The van der Waals surface area contributed by atoms with E-state index < -0.39 is 0 Å². The van der Waals surface area contributed by atoms with Crippen LogP contribution in [0.15, 0.2) is 48.5 Å². The lowest BCUT2D eigenvalue weighted by molar-refractivity contribution is 0.306. The molecule has 1 nitrogen and oxygen atoms in total. The molecule has 29 heavy (non-hydrogen) atoms. The van der Waals surface area contributed by atoms with E-state index in [2.05, 4.69) is 50.0 Å². The summed E-state index contributed by atoms with van der Waals surface area (Å²) in [5.74, 6) is 9.23. The monoisotopic (exact) mass is 388 g/mol. The number of ether oxygens (including phenoxy) is 1. The molecule has 0 unspecified atom stereocenters. The second-order valence-electron chi connectivity index (χ2n) is 8.46. The van der Waals surface area contributed by atoms with E-state index in [1.807, 2.05) is 24.3 Å². The molecular weight excluding hydrogens is 352 g/mol. The number of hydrogen-bond acceptors (Lipinski definition) is 1. The van der Waals surface area contributed by atoms with E-state index in [4.69, 9.17) is 4.74 Å². The Labute approximate surface area is 177 Å². The van der Waals surface area contributed by atoms with Gasteiger partial charge >= 0.3 is 0 Å². The molecule has 154 valence electrons. The molecule has 0 spiro atoms. The molecule has 1 heteroatoms. The Hall–Kier alpha value is -2.20. The maximum atomic E-state index is 5.77. The van der Waals surface area contributed by atoms with Gasteiger partial charge in [0.2, 0.25) is 0 Å². The molecule has 0 atom stereocenters. The van der Waals surface area contributed by atoms with Crippen LogP contribution >= 0.6 is 0 Å². The molecule has 2 aromatic rings. The highest BCUT2D eigenvalue weighted by molar-refractivity contribution is 5.45. The van der Waals surface area contributed by atoms with Crippen LogP contribution in [0.4, 0.5) is 0 Å². The summed E-state index contributed by atoms with van der Waals surface area (Å²) in [4.78, 5) is 0. The molecule has 1 aliphatic rings. The van der Waals surface area contributed by atoms with Crippen molar-refractivity contribution in [1.82, 2.24) is 0 Å². The van der Waals surface area contributed by atoms with Gasteiger partial charge in [0.15, 0.2) is 0 Å². The molecule has 0 aliphatic heterocycles. The minimum atomic E-state index is 0.745. The predicted molar refractivity (Wildman–Crippen MR) is 123 cm³/mol. The van der Waals surface area contributed by atoms with Crippen LogP contribution in [0, 0.1) is 17.8 Å². The van der Waals surface area contributed by atoms with Gasteiger partial charge in [-0.3, -0.25) is 0 Å². The Balaban J connectivity index is 1.51. The topological polar surface area (TPSA) is 9.23 Å². The van der Waals surface area contributed by atoms with Crippen LogP contribution in [-0.4, -0.2) is 6.61 Å². The molecule has 0 N–H and O–H groups in total. The van der Waals surface area contributed by atoms with Crippen LogP contribution in [-0.2, 0) is 0 Å². The number of hydrogen-bond donors (Lipinski definition) is 0. The zero-order chi connectivity index (χ0) is 20.3. The molecule has 2 aromatic carbocycles. The van der Waals surface area contributed by atoms with Gasteiger partial charge in [-0.05, 0) is 85.9 Å². The molecule has 0 bridgehead atoms. The van der Waals surface area contributed by atoms with Crippen molar-refractivity contribution in [2.45, 2.75) is 77.6 Å². The Morgan fingerprint density at radius 2 is 1.38 bits per heavy atom. The zero-order valence-electron chi connectivity index (χ0n) is 18.3. The maximum Gasteiger partial charge on any atom is 0.119 e. The molecule has 0 amide bonds. The highest BCUT2D eigenvalue weighted by atomic mass is 16.5. The van der Waals surface area contributed by atoms with Gasteiger partial charge in [0.25, 0.3) is 0 Å². The lowest BCUT2D eigenvalue weighted by atomic mass is 9.77. The fraction of sp³-hybridized carbons (Fsp3) is 0.500. The molecule has 3 rings (SSSR count). The normalized spacial score (nSPS) is 18.7. The second-order valence-corrected chi connectivity index (χ2v) is 8.46. The summed E-state index contributed by atoms with van der Waals surface area (Å²) < 4.78 is 5.77. The third kappa shape index (κ3) is 6.97. The van der Waals surface area contributed by atoms with E-state index in [0.717, 1.165) is 41.7 Å². The van der Waals surface area contributed by atoms with E-state index in [-0.39, 0.29) is 0 Å². The van der Waals surface area contributed by atoms with Gasteiger partial charge in [0.05, 0.1) is 6.61 Å². The van der Waals surface area contributed by atoms with Crippen molar-refractivity contribution in [2.75, 3.05) is 6.61 Å². The lowest BCUT2D eigenvalue weighted by Crippen LogP contribution is -2.13. The lowest BCUT2D eigenvalue weighted by Gasteiger charge is -2.28. The van der Waals surface area contributed by atoms with Crippen molar-refractivity contribution in [2.24, 2.45) is 5.92 Å². The number of benzene rings is 2. The first-order valence-corrected chi connectivity index (χ1v) is 11.6. The Kier molecular flexibility index (Phi) is 8.69. The summed E-state index contributed by atoms with van der Waals surface area (Å²) in [7, 11) is 0. The van der Waals surface area contributed by atoms with Crippen LogP contribution in [0.25, 0.3) is 0 Å². The predicted octanol–water partition coefficient (Wildman–Crippen LogP) is 7.73. The van der Waals surface area contributed by atoms with Gasteiger partial charge in [0, 0.05) is 11.1 Å². The fourth-order valence-electron chi connectivity index (χ4n) is 4.35. The van der Waals surface area contributed by atoms with Gasteiger partial charge in [-0.2, -0.15) is 0 Å². The second kappa shape index (κ2) is 11.7. The van der Waals surface area contributed by atoms with Crippen molar-refractivity contribution >= 4 is 0 Å². The van der Waals surface area contributed by atoms with Crippen LogP contribution in [0.3, 0.4) is 0 Å². The highest BCUT2D eigenvalue weighted by Gasteiger charge is 2.21. The molecule has 1 aliphatic carbocycles. The summed E-state index contributed by atoms with van der Waals surface area (Å²) in [5.41, 5.74) is 3.62. The third-order valence-electron chi connectivity index (χ3n) is 6.15. The van der Waals surface area contributed by atoms with Crippen molar-refractivity contribution in [3.8, 4) is 17.6 Å². The number of rotatable bonds is 8. The third-order valence-corrected chi connectivity index (χ3v) is 6.15. The fourth-order valence-corrected chi connectivity index (χ4v) is 4.35. The Morgan fingerprint density at radius 1 is 0.759 bits per heavy atom. The molecular formula is C28H36O. The van der Waals surface area contributed by atoms with E-state index in [1.54, 1.807) is 0 Å². The maximum absolute atomic E-state index is 5.77. The van der Waals surface area contributed by atoms with Crippen molar-refractivity contribution in [3.63, 3.8) is 0 Å². The van der Waals surface area contributed by atoms with Crippen molar-refractivity contribution < 1.29 is 4.74 Å². The van der Waals surface area contributed by atoms with Gasteiger partial charge in [-0.1, -0.05) is 63.5 Å². The van der Waals surface area contributed by atoms with E-state index >= 15 is 0 Å². The van der Waals surface area contributed by atoms with Gasteiger partial charge in [-0.25, -0.2) is 0 Å². The first-order chi connectivity index (χ1) is 14.3. The van der Waals surface area contributed by atoms with Crippen molar-refractivity contribution in [1.29, 1.82) is 0 Å². The Morgan fingerprint density at radius 3 is 1.97 bits per heavy atom. The molecule has 0 radical (unpaired) electrons. The van der Waals surface area contributed by atoms with E-state index in [1.165, 1.54) is 56.9 Å². The smallest absolute Gasteiger partial charge is 0.119 e. The summed E-state index contributed by atoms with van der Waals surface area (Å²) in [6, 6.07) is 17.1. The zero-order valence-corrected chi connectivity index (χ0v) is 18.3. The molecule has 1 fully saturated rings. The van der Waals surface area contributed by atoms with Crippen LogP contribution in [0.2, 0.25) is 0 Å². The standard InChI is InChI=1S/C28H36O/c1-3-5-6-22-29-28-20-14-25(15-21-28)9-8-24-12-18-27(19-13-24)26-16-10-23(7-4-2)11-17-26/h12-15,18-21,23,26H,3-7,10-11,16-17,22H2,1-2H3/t23-,26-. The average Bonchev–Trinajstić information content (AvgIpc) is 2.77.